The van der Waals surface area contributed by atoms with E-state index in [1.807, 2.05) is 0 Å². The number of rotatable bonds is 6. The van der Waals surface area contributed by atoms with Crippen LogP contribution >= 0.6 is 0 Å². The Labute approximate surface area is 86.9 Å². The van der Waals surface area contributed by atoms with E-state index in [9.17, 15) is 4.39 Å². The van der Waals surface area contributed by atoms with Gasteiger partial charge in [-0.15, -0.1) is 0 Å². The molecule has 84 valence electrons. The first-order valence-electron chi connectivity index (χ1n) is 5.74. The maximum atomic E-state index is 12.3. The second kappa shape index (κ2) is 6.36. The number of hydrogen-bond donors (Lipinski definition) is 1. The highest BCUT2D eigenvalue weighted by Crippen LogP contribution is 2.08. The largest absolute Gasteiger partial charge is 0.313 e. The van der Waals surface area contributed by atoms with E-state index in [1.165, 1.54) is 12.8 Å². The zero-order chi connectivity index (χ0) is 10.4. The Morgan fingerprint density at radius 3 is 2.79 bits per heavy atom. The normalized spacial score (nSPS) is 22.5. The summed E-state index contributed by atoms with van der Waals surface area (Å²) in [6.07, 6.45) is 2.52. The third kappa shape index (κ3) is 4.38. The molecule has 1 rings (SSSR count). The van der Waals surface area contributed by atoms with E-state index < -0.39 is 0 Å². The topological polar surface area (TPSA) is 15.3 Å². The maximum absolute atomic E-state index is 12.3. The van der Waals surface area contributed by atoms with E-state index in [-0.39, 0.29) is 6.67 Å². The zero-order valence-corrected chi connectivity index (χ0v) is 9.43. The molecule has 0 bridgehead atoms. The fourth-order valence-electron chi connectivity index (χ4n) is 2.12. The Balaban J connectivity index is 2.25. The number of hydrogen-bond acceptors (Lipinski definition) is 2. The lowest BCUT2D eigenvalue weighted by molar-refractivity contribution is 0.207. The van der Waals surface area contributed by atoms with Crippen molar-refractivity contribution in [3.63, 3.8) is 0 Å². The molecular weight excluding hydrogens is 179 g/mol. The van der Waals surface area contributed by atoms with Crippen LogP contribution in [0, 0.1) is 5.92 Å². The van der Waals surface area contributed by atoms with Crippen LogP contribution in [0.5, 0.6) is 0 Å². The van der Waals surface area contributed by atoms with Crippen LogP contribution in [0.15, 0.2) is 0 Å². The fraction of sp³-hybridized carbons (Fsp3) is 1.00. The van der Waals surface area contributed by atoms with Crippen LogP contribution in [0.2, 0.25) is 0 Å². The Kier molecular flexibility index (Phi) is 5.41. The molecule has 0 spiro atoms. The van der Waals surface area contributed by atoms with E-state index in [1.54, 1.807) is 0 Å². The van der Waals surface area contributed by atoms with Crippen molar-refractivity contribution in [2.75, 3.05) is 32.9 Å². The molecule has 1 fully saturated rings. The van der Waals surface area contributed by atoms with Gasteiger partial charge < -0.3 is 5.32 Å². The molecule has 2 nitrogen and oxygen atoms in total. The Morgan fingerprint density at radius 1 is 1.50 bits per heavy atom. The van der Waals surface area contributed by atoms with E-state index in [0.29, 0.717) is 18.5 Å². The Hall–Kier alpha value is -0.150. The minimum atomic E-state index is -0.223. The van der Waals surface area contributed by atoms with Gasteiger partial charge in [-0.1, -0.05) is 13.8 Å². The lowest BCUT2D eigenvalue weighted by Gasteiger charge is -2.26. The van der Waals surface area contributed by atoms with Crippen LogP contribution < -0.4 is 5.32 Å². The molecule has 1 atom stereocenters. The molecule has 0 aromatic carbocycles. The molecule has 0 amide bonds. The van der Waals surface area contributed by atoms with Gasteiger partial charge in [0.05, 0.1) is 0 Å². The average molecular weight is 202 g/mol. The molecule has 1 heterocycles. The van der Waals surface area contributed by atoms with Gasteiger partial charge in [0.2, 0.25) is 0 Å². The lowest BCUT2D eigenvalue weighted by Crippen LogP contribution is -2.40. The molecular formula is C11H23FN2. The number of nitrogens with zero attached hydrogens (tertiary/aromatic N) is 1. The number of alkyl halides is 1. The van der Waals surface area contributed by atoms with E-state index in [4.69, 9.17) is 0 Å². The summed E-state index contributed by atoms with van der Waals surface area (Å²) >= 11 is 0. The van der Waals surface area contributed by atoms with Crippen LogP contribution in [0.25, 0.3) is 0 Å². The van der Waals surface area contributed by atoms with E-state index >= 15 is 0 Å². The van der Waals surface area contributed by atoms with Crippen LogP contribution in [0.1, 0.15) is 26.7 Å². The molecule has 0 aromatic heterocycles. The number of halogens is 1. The van der Waals surface area contributed by atoms with Crippen LogP contribution in [0.4, 0.5) is 4.39 Å². The molecule has 1 N–H and O–H groups in total. The molecule has 0 saturated carbocycles. The summed E-state index contributed by atoms with van der Waals surface area (Å²) in [6, 6.07) is 0.597. The van der Waals surface area contributed by atoms with Gasteiger partial charge in [-0.3, -0.25) is 4.90 Å². The van der Waals surface area contributed by atoms with Crippen molar-refractivity contribution in [2.24, 2.45) is 5.92 Å². The van der Waals surface area contributed by atoms with E-state index in [0.717, 1.165) is 19.6 Å². The summed E-state index contributed by atoms with van der Waals surface area (Å²) in [6.45, 7) is 7.91. The number of nitrogens with one attached hydrogen (secondary N) is 1. The highest BCUT2D eigenvalue weighted by atomic mass is 19.1. The smallest absolute Gasteiger partial charge is 0.102 e. The van der Waals surface area contributed by atoms with Gasteiger partial charge in [-0.2, -0.15) is 0 Å². The highest BCUT2D eigenvalue weighted by molar-refractivity contribution is 4.78. The molecule has 0 aromatic rings. The second-order valence-electron chi connectivity index (χ2n) is 4.64. The van der Waals surface area contributed by atoms with E-state index in [2.05, 4.69) is 24.1 Å². The van der Waals surface area contributed by atoms with Gasteiger partial charge in [-0.25, -0.2) is 4.39 Å². The average Bonchev–Trinajstić information content (AvgIpc) is 2.56. The summed E-state index contributed by atoms with van der Waals surface area (Å²) in [5.41, 5.74) is 0. The van der Waals surface area contributed by atoms with Gasteiger partial charge in [0.1, 0.15) is 6.67 Å². The highest BCUT2D eigenvalue weighted by Gasteiger charge is 2.17. The first kappa shape index (κ1) is 11.9. The Morgan fingerprint density at radius 2 is 2.29 bits per heavy atom. The standard InChI is InChI=1S/C11H23FN2/c1-10(2)8-14(7-5-12)9-11-4-3-6-13-11/h10-11,13H,3-9H2,1-2H3. The Bertz CT molecular complexity index is 144. The molecule has 1 unspecified atom stereocenters. The van der Waals surface area contributed by atoms with Crippen molar-refractivity contribution in [1.29, 1.82) is 0 Å². The van der Waals surface area contributed by atoms with Crippen LogP contribution in [-0.4, -0.2) is 43.8 Å². The van der Waals surface area contributed by atoms with Gasteiger partial charge >= 0.3 is 0 Å². The second-order valence-corrected chi connectivity index (χ2v) is 4.64. The van der Waals surface area contributed by atoms with Crippen molar-refractivity contribution in [1.82, 2.24) is 10.2 Å². The molecule has 0 radical (unpaired) electrons. The van der Waals surface area contributed by atoms with Gasteiger partial charge in [0.15, 0.2) is 0 Å². The molecule has 0 aliphatic carbocycles. The maximum Gasteiger partial charge on any atom is 0.102 e. The predicted octanol–water partition coefficient (Wildman–Crippen LogP) is 1.67. The van der Waals surface area contributed by atoms with Gasteiger partial charge in [0, 0.05) is 25.7 Å². The molecule has 1 aliphatic rings. The molecule has 1 aliphatic heterocycles. The minimum absolute atomic E-state index is 0.223. The summed E-state index contributed by atoms with van der Waals surface area (Å²) in [4.78, 5) is 2.24. The van der Waals surface area contributed by atoms with Gasteiger partial charge in [-0.05, 0) is 25.3 Å². The van der Waals surface area contributed by atoms with Crippen molar-refractivity contribution >= 4 is 0 Å². The third-order valence-electron chi connectivity index (χ3n) is 2.67. The fourth-order valence-corrected chi connectivity index (χ4v) is 2.12. The SMILES string of the molecule is CC(C)CN(CCF)CC1CCCN1. The first-order valence-corrected chi connectivity index (χ1v) is 5.74. The van der Waals surface area contributed by atoms with Crippen molar-refractivity contribution in [3.05, 3.63) is 0 Å². The van der Waals surface area contributed by atoms with Crippen LogP contribution in [0.3, 0.4) is 0 Å². The van der Waals surface area contributed by atoms with Crippen LogP contribution in [-0.2, 0) is 0 Å². The van der Waals surface area contributed by atoms with Gasteiger partial charge in [0.25, 0.3) is 0 Å². The lowest BCUT2D eigenvalue weighted by atomic mass is 10.1. The zero-order valence-electron chi connectivity index (χ0n) is 9.43. The summed E-state index contributed by atoms with van der Waals surface area (Å²) in [5.74, 6) is 0.628. The third-order valence-corrected chi connectivity index (χ3v) is 2.67. The first-order chi connectivity index (χ1) is 6.72. The summed E-state index contributed by atoms with van der Waals surface area (Å²) < 4.78 is 12.3. The van der Waals surface area contributed by atoms with Crippen molar-refractivity contribution in [2.45, 2.75) is 32.7 Å². The van der Waals surface area contributed by atoms with Crippen molar-refractivity contribution in [3.8, 4) is 0 Å². The molecule has 1 saturated heterocycles. The molecule has 14 heavy (non-hydrogen) atoms. The predicted molar refractivity (Wildman–Crippen MR) is 58.3 cm³/mol. The monoisotopic (exact) mass is 202 g/mol. The quantitative estimate of drug-likeness (QED) is 0.705. The summed E-state index contributed by atoms with van der Waals surface area (Å²) in [5, 5.41) is 3.45. The molecule has 3 heteroatoms. The van der Waals surface area contributed by atoms with Crippen molar-refractivity contribution < 1.29 is 4.39 Å². The summed E-state index contributed by atoms with van der Waals surface area (Å²) in [7, 11) is 0. The minimum Gasteiger partial charge on any atom is -0.313 e.